The van der Waals surface area contributed by atoms with Gasteiger partial charge in [0.2, 0.25) is 0 Å². The van der Waals surface area contributed by atoms with Gasteiger partial charge in [0.1, 0.15) is 17.9 Å². The molecule has 2 saturated heterocycles. The van der Waals surface area contributed by atoms with E-state index in [1.807, 2.05) is 0 Å². The number of hydrogen-bond acceptors (Lipinski definition) is 13. The first kappa shape index (κ1) is 29.7. The molecule has 0 bridgehead atoms. The molecule has 2 aliphatic heterocycles. The number of aromatic nitrogens is 7. The van der Waals surface area contributed by atoms with E-state index in [2.05, 4.69) is 47.3 Å². The molecule has 6 rings (SSSR count). The fraction of sp³-hybridized carbons (Fsp3) is 0.500. The number of pyridine rings is 1. The lowest BCUT2D eigenvalue weighted by Gasteiger charge is -2.19. The standard InChI is InChI=1S/C22H26F2N8O7P2S/c23-13-9(11(4-34-40)37-21(13)32-8-30-16-18(25)27-6-28-19(16)32)3-35-41-36-5-12-14(24)17(39-42)22(38-12)31-7-29-15-10(31)1-2-26-20(15)33/h1-2,6-9,11-14,17,21-22,41-42H,3-5,40H2,(H,26,33)(H2,25,27,28)/t9-,11-,12-,13+,14+,17-,21-,22-/m1/s1. The summed E-state index contributed by atoms with van der Waals surface area (Å²) in [7, 11) is 1.56. The number of aromatic amines is 1. The number of nitrogens with one attached hydrogen (secondary N) is 1. The van der Waals surface area contributed by atoms with E-state index in [0.717, 1.165) is 0 Å². The maximum atomic E-state index is 15.7. The fourth-order valence-corrected chi connectivity index (χ4v) is 6.12. The van der Waals surface area contributed by atoms with Gasteiger partial charge in [-0.3, -0.25) is 9.36 Å². The van der Waals surface area contributed by atoms with E-state index < -0.39 is 58.1 Å². The van der Waals surface area contributed by atoms with E-state index in [1.54, 1.807) is 6.07 Å². The lowest BCUT2D eigenvalue weighted by Crippen LogP contribution is -2.30. The minimum absolute atomic E-state index is 0.0658. The molecule has 2 aliphatic rings. The number of rotatable bonds is 11. The van der Waals surface area contributed by atoms with E-state index in [1.165, 1.54) is 34.3 Å². The molecule has 3 N–H and O–H groups in total. The topological polar surface area (TPSA) is 176 Å². The molecule has 10 atom stereocenters. The molecule has 0 amide bonds. The van der Waals surface area contributed by atoms with Crippen LogP contribution in [0.5, 0.6) is 0 Å². The lowest BCUT2D eigenvalue weighted by molar-refractivity contribution is -0.0396. The van der Waals surface area contributed by atoms with Crippen molar-refractivity contribution in [1.29, 1.82) is 0 Å². The Morgan fingerprint density at radius 3 is 2.60 bits per heavy atom. The molecule has 4 aromatic heterocycles. The zero-order valence-electron chi connectivity index (χ0n) is 21.5. The van der Waals surface area contributed by atoms with Crippen molar-refractivity contribution in [2.75, 3.05) is 25.6 Å². The molecule has 15 nitrogen and oxygen atoms in total. The summed E-state index contributed by atoms with van der Waals surface area (Å²) >= 11 is 3.82. The van der Waals surface area contributed by atoms with Crippen molar-refractivity contribution in [1.82, 2.24) is 34.1 Å². The van der Waals surface area contributed by atoms with Crippen molar-refractivity contribution in [3.8, 4) is 0 Å². The number of H-pyrrole nitrogens is 1. The molecule has 0 saturated carbocycles. The summed E-state index contributed by atoms with van der Waals surface area (Å²) in [5.74, 6) is -0.548. The van der Waals surface area contributed by atoms with Gasteiger partial charge in [-0.15, -0.1) is 0 Å². The van der Waals surface area contributed by atoms with Crippen molar-refractivity contribution in [3.05, 3.63) is 41.6 Å². The van der Waals surface area contributed by atoms with E-state index in [-0.39, 0.29) is 36.7 Å². The first-order chi connectivity index (χ1) is 20.4. The first-order valence-electron chi connectivity index (χ1n) is 12.6. The number of halogens is 2. The second-order valence-electron chi connectivity index (χ2n) is 9.57. The minimum Gasteiger partial charge on any atom is -0.382 e. The number of fused-ring (bicyclic) bond motifs is 2. The van der Waals surface area contributed by atoms with Crippen LogP contribution in [-0.2, 0) is 27.2 Å². The molecule has 0 radical (unpaired) electrons. The van der Waals surface area contributed by atoms with Gasteiger partial charge in [-0.1, -0.05) is 0 Å². The molecule has 4 aromatic rings. The lowest BCUT2D eigenvalue weighted by atomic mass is 10.0. The van der Waals surface area contributed by atoms with Crippen LogP contribution >= 0.6 is 31.4 Å². The summed E-state index contributed by atoms with van der Waals surface area (Å²) < 4.78 is 67.1. The fourth-order valence-electron chi connectivity index (χ4n) is 5.14. The second kappa shape index (κ2) is 12.7. The van der Waals surface area contributed by atoms with Gasteiger partial charge in [0.25, 0.3) is 5.56 Å². The summed E-state index contributed by atoms with van der Waals surface area (Å²) in [6, 6.07) is 1.62. The third-order valence-electron chi connectivity index (χ3n) is 7.20. The largest absolute Gasteiger partial charge is 0.382 e. The van der Waals surface area contributed by atoms with E-state index in [0.29, 0.717) is 16.7 Å². The van der Waals surface area contributed by atoms with Gasteiger partial charge in [0, 0.05) is 21.6 Å². The zero-order valence-corrected chi connectivity index (χ0v) is 24.6. The van der Waals surface area contributed by atoms with Crippen molar-refractivity contribution < 1.29 is 36.0 Å². The number of nitrogen functional groups attached to an aromatic ring is 1. The van der Waals surface area contributed by atoms with Gasteiger partial charge in [0.15, 0.2) is 56.9 Å². The van der Waals surface area contributed by atoms with Crippen LogP contribution in [0.1, 0.15) is 12.5 Å². The van der Waals surface area contributed by atoms with Gasteiger partial charge >= 0.3 is 0 Å². The Bertz CT molecular complexity index is 1600. The second-order valence-corrected chi connectivity index (χ2v) is 10.9. The summed E-state index contributed by atoms with van der Waals surface area (Å²) in [4.78, 5) is 30.9. The number of imidazole rings is 2. The average Bonchev–Trinajstić information content (AvgIpc) is 3.74. The molecule has 42 heavy (non-hydrogen) atoms. The molecule has 0 aromatic carbocycles. The SMILES string of the molecule is Nc1ncnc2c1ncn2[C@@H]1O[C@H](COP)[C@@H](COPOC[C@H]2O[C@@H](n3cnc4c(=O)[nH]ccc43)[C@H](OS)[C@H]2F)[C@@H]1F. The maximum Gasteiger partial charge on any atom is 0.276 e. The summed E-state index contributed by atoms with van der Waals surface area (Å²) in [6.45, 7) is -0.159. The number of alkyl halides is 2. The van der Waals surface area contributed by atoms with Gasteiger partial charge < -0.3 is 42.5 Å². The zero-order chi connectivity index (χ0) is 29.4. The molecular formula is C22H26F2N8O7P2S. The van der Waals surface area contributed by atoms with Crippen LogP contribution in [0, 0.1) is 5.92 Å². The van der Waals surface area contributed by atoms with Crippen molar-refractivity contribution in [3.63, 3.8) is 0 Å². The van der Waals surface area contributed by atoms with Crippen LogP contribution < -0.4 is 11.3 Å². The number of anilines is 1. The maximum absolute atomic E-state index is 15.7. The highest BCUT2D eigenvalue weighted by atomic mass is 32.1. The smallest absolute Gasteiger partial charge is 0.276 e. The summed E-state index contributed by atoms with van der Waals surface area (Å²) in [5.41, 5.74) is 6.76. The molecule has 20 heteroatoms. The number of nitrogens with zero attached hydrogens (tertiary/aromatic N) is 6. The Labute approximate surface area is 245 Å². The average molecular weight is 647 g/mol. The Morgan fingerprint density at radius 1 is 1.02 bits per heavy atom. The Kier molecular flexibility index (Phi) is 8.96. The highest BCUT2D eigenvalue weighted by Gasteiger charge is 2.48. The van der Waals surface area contributed by atoms with Crippen LogP contribution in [0.25, 0.3) is 22.2 Å². The van der Waals surface area contributed by atoms with Crippen LogP contribution in [0.4, 0.5) is 14.6 Å². The van der Waals surface area contributed by atoms with Crippen LogP contribution in [0.15, 0.2) is 36.0 Å². The van der Waals surface area contributed by atoms with Crippen molar-refractivity contribution in [2.45, 2.75) is 43.1 Å². The Morgan fingerprint density at radius 2 is 1.79 bits per heavy atom. The van der Waals surface area contributed by atoms with Gasteiger partial charge in [0.05, 0.1) is 44.1 Å². The van der Waals surface area contributed by atoms with Gasteiger partial charge in [-0.05, 0) is 19.0 Å². The third kappa shape index (κ3) is 5.40. The number of hydrogen-bond donors (Lipinski definition) is 3. The van der Waals surface area contributed by atoms with E-state index in [4.69, 9.17) is 33.0 Å². The quantitative estimate of drug-likeness (QED) is 0.0934. The van der Waals surface area contributed by atoms with Gasteiger partial charge in [-0.2, -0.15) is 0 Å². The summed E-state index contributed by atoms with van der Waals surface area (Å²) in [5, 5.41) is 0. The minimum atomic E-state index is -1.61. The predicted octanol–water partition coefficient (Wildman–Crippen LogP) is 1.81. The van der Waals surface area contributed by atoms with Crippen LogP contribution in [0.2, 0.25) is 0 Å². The molecular weight excluding hydrogens is 620 g/mol. The first-order valence-corrected chi connectivity index (χ1v) is 14.2. The molecule has 0 spiro atoms. The van der Waals surface area contributed by atoms with Crippen LogP contribution in [0.3, 0.4) is 0 Å². The Balaban J connectivity index is 1.05. The monoisotopic (exact) mass is 646 g/mol. The van der Waals surface area contributed by atoms with Crippen molar-refractivity contribution in [2.24, 2.45) is 5.92 Å². The van der Waals surface area contributed by atoms with E-state index in [9.17, 15) is 4.79 Å². The molecule has 2 fully saturated rings. The third-order valence-corrected chi connectivity index (χ3v) is 8.20. The Hall–Kier alpha value is -2.40. The highest BCUT2D eigenvalue weighted by molar-refractivity contribution is 7.75. The highest BCUT2D eigenvalue weighted by Crippen LogP contribution is 2.40. The normalized spacial score (nSPS) is 30.0. The van der Waals surface area contributed by atoms with Gasteiger partial charge in [-0.25, -0.2) is 28.7 Å². The number of thiol groups is 1. The molecule has 2 unspecified atom stereocenters. The number of ether oxygens (including phenoxy) is 2. The van der Waals surface area contributed by atoms with Crippen LogP contribution in [-0.4, -0.2) is 84.5 Å². The molecule has 6 heterocycles. The van der Waals surface area contributed by atoms with E-state index >= 15 is 8.78 Å². The summed E-state index contributed by atoms with van der Waals surface area (Å²) in [6.07, 6.45) is -2.40. The van der Waals surface area contributed by atoms with Crippen molar-refractivity contribution >= 4 is 59.4 Å². The molecule has 226 valence electrons. The number of nitrogens with two attached hydrogens (primary N) is 1. The molecule has 0 aliphatic carbocycles. The predicted molar refractivity (Wildman–Crippen MR) is 151 cm³/mol.